The molecule has 3 rings (SSSR count). The standard InChI is InChI=1S/C13H17N3O2S/c1-8-6-10-11(18-7-9-4-3-5-17-9)15-13(14-2)16-12(10)19-8/h6,9H,3-5,7H2,1-2H3,(H,14,15,16). The minimum absolute atomic E-state index is 0.197. The van der Waals surface area contributed by atoms with Crippen molar-refractivity contribution < 1.29 is 9.47 Å². The number of hydrogen-bond acceptors (Lipinski definition) is 6. The largest absolute Gasteiger partial charge is 0.474 e. The molecular formula is C13H17N3O2S. The van der Waals surface area contributed by atoms with Crippen LogP contribution in [0, 0.1) is 6.92 Å². The molecule has 0 aromatic carbocycles. The number of hydrogen-bond donors (Lipinski definition) is 1. The predicted octanol–water partition coefficient (Wildman–Crippen LogP) is 2.60. The van der Waals surface area contributed by atoms with Gasteiger partial charge in [-0.05, 0) is 25.8 Å². The Morgan fingerprint density at radius 3 is 3.16 bits per heavy atom. The van der Waals surface area contributed by atoms with Gasteiger partial charge in [0, 0.05) is 18.5 Å². The summed E-state index contributed by atoms with van der Waals surface area (Å²) in [5, 5.41) is 3.96. The lowest BCUT2D eigenvalue weighted by molar-refractivity contribution is 0.0669. The van der Waals surface area contributed by atoms with Crippen molar-refractivity contribution in [2.24, 2.45) is 0 Å². The zero-order chi connectivity index (χ0) is 13.2. The first-order chi connectivity index (χ1) is 9.26. The summed E-state index contributed by atoms with van der Waals surface area (Å²) in [5.74, 6) is 1.24. The SMILES string of the molecule is CNc1nc(OCC2CCCO2)c2cc(C)sc2n1. The van der Waals surface area contributed by atoms with Crippen molar-refractivity contribution in [3.05, 3.63) is 10.9 Å². The van der Waals surface area contributed by atoms with Crippen LogP contribution in [0.15, 0.2) is 6.07 Å². The van der Waals surface area contributed by atoms with Gasteiger partial charge in [-0.25, -0.2) is 4.98 Å². The van der Waals surface area contributed by atoms with E-state index in [0.29, 0.717) is 18.4 Å². The second-order valence-electron chi connectivity index (χ2n) is 4.62. The van der Waals surface area contributed by atoms with Crippen molar-refractivity contribution in [3.63, 3.8) is 0 Å². The first-order valence-electron chi connectivity index (χ1n) is 6.46. The normalized spacial score (nSPS) is 18.9. The van der Waals surface area contributed by atoms with Crippen LogP contribution >= 0.6 is 11.3 Å². The fourth-order valence-electron chi connectivity index (χ4n) is 2.19. The highest BCUT2D eigenvalue weighted by molar-refractivity contribution is 7.18. The van der Waals surface area contributed by atoms with Crippen LogP contribution in [0.1, 0.15) is 17.7 Å². The van der Waals surface area contributed by atoms with E-state index in [1.54, 1.807) is 11.3 Å². The fourth-order valence-corrected chi connectivity index (χ4v) is 3.06. The summed E-state index contributed by atoms with van der Waals surface area (Å²) in [6, 6.07) is 2.07. The highest BCUT2D eigenvalue weighted by atomic mass is 32.1. The first kappa shape index (κ1) is 12.6. The highest BCUT2D eigenvalue weighted by Gasteiger charge is 2.18. The number of aryl methyl sites for hydroxylation is 1. The lowest BCUT2D eigenvalue weighted by Crippen LogP contribution is -2.17. The lowest BCUT2D eigenvalue weighted by Gasteiger charge is -2.12. The number of fused-ring (bicyclic) bond motifs is 1. The summed E-state index contributed by atoms with van der Waals surface area (Å²) in [4.78, 5) is 11.0. The minimum atomic E-state index is 0.197. The molecule has 1 aliphatic heterocycles. The lowest BCUT2D eigenvalue weighted by atomic mass is 10.2. The van der Waals surface area contributed by atoms with E-state index < -0.39 is 0 Å². The molecular weight excluding hydrogens is 262 g/mol. The molecule has 6 heteroatoms. The van der Waals surface area contributed by atoms with Crippen molar-refractivity contribution in [1.29, 1.82) is 0 Å². The maximum Gasteiger partial charge on any atom is 0.227 e. The molecule has 2 aromatic heterocycles. The predicted molar refractivity (Wildman–Crippen MR) is 76.2 cm³/mol. The average molecular weight is 279 g/mol. The summed E-state index contributed by atoms with van der Waals surface area (Å²) in [6.45, 7) is 3.46. The first-order valence-corrected chi connectivity index (χ1v) is 7.28. The van der Waals surface area contributed by atoms with Gasteiger partial charge in [0.2, 0.25) is 11.8 Å². The van der Waals surface area contributed by atoms with Gasteiger partial charge in [-0.2, -0.15) is 4.98 Å². The van der Waals surface area contributed by atoms with E-state index in [1.165, 1.54) is 4.88 Å². The van der Waals surface area contributed by atoms with Crippen molar-refractivity contribution in [2.75, 3.05) is 25.6 Å². The molecule has 3 heterocycles. The third-order valence-electron chi connectivity index (χ3n) is 3.13. The van der Waals surface area contributed by atoms with Crippen molar-refractivity contribution >= 4 is 27.5 Å². The summed E-state index contributed by atoms with van der Waals surface area (Å²) >= 11 is 1.65. The van der Waals surface area contributed by atoms with Crippen LogP contribution < -0.4 is 10.1 Å². The molecule has 1 saturated heterocycles. The monoisotopic (exact) mass is 279 g/mol. The Kier molecular flexibility index (Phi) is 3.52. The fraction of sp³-hybridized carbons (Fsp3) is 0.538. The Morgan fingerprint density at radius 1 is 1.53 bits per heavy atom. The van der Waals surface area contributed by atoms with Crippen molar-refractivity contribution in [1.82, 2.24) is 9.97 Å². The van der Waals surface area contributed by atoms with Crippen LogP contribution in [0.4, 0.5) is 5.95 Å². The molecule has 5 nitrogen and oxygen atoms in total. The zero-order valence-corrected chi connectivity index (χ0v) is 11.9. The quantitative estimate of drug-likeness (QED) is 0.932. The summed E-state index contributed by atoms with van der Waals surface area (Å²) in [7, 11) is 1.81. The Bertz CT molecular complexity index is 579. The maximum absolute atomic E-state index is 5.85. The van der Waals surface area contributed by atoms with Crippen LogP contribution in [0.2, 0.25) is 0 Å². The molecule has 0 spiro atoms. The van der Waals surface area contributed by atoms with E-state index in [9.17, 15) is 0 Å². The number of nitrogens with zero attached hydrogens (tertiary/aromatic N) is 2. The van der Waals surface area contributed by atoms with E-state index in [0.717, 1.165) is 29.7 Å². The molecule has 0 aliphatic carbocycles. The van der Waals surface area contributed by atoms with E-state index in [-0.39, 0.29) is 6.10 Å². The number of thiophene rings is 1. The molecule has 1 fully saturated rings. The van der Waals surface area contributed by atoms with Crippen molar-refractivity contribution in [2.45, 2.75) is 25.9 Å². The van der Waals surface area contributed by atoms with Gasteiger partial charge in [0.1, 0.15) is 11.4 Å². The van der Waals surface area contributed by atoms with Crippen molar-refractivity contribution in [3.8, 4) is 5.88 Å². The number of nitrogens with one attached hydrogen (secondary N) is 1. The minimum Gasteiger partial charge on any atom is -0.474 e. The van der Waals surface area contributed by atoms with Crippen LogP contribution in [0.25, 0.3) is 10.2 Å². The van der Waals surface area contributed by atoms with E-state index in [4.69, 9.17) is 9.47 Å². The smallest absolute Gasteiger partial charge is 0.227 e. The number of anilines is 1. The molecule has 1 aliphatic rings. The molecule has 102 valence electrons. The maximum atomic E-state index is 5.85. The van der Waals surface area contributed by atoms with Gasteiger partial charge in [0.15, 0.2) is 0 Å². The van der Waals surface area contributed by atoms with E-state index >= 15 is 0 Å². The molecule has 0 bridgehead atoms. The summed E-state index contributed by atoms with van der Waals surface area (Å²) in [6.07, 6.45) is 2.38. The highest BCUT2D eigenvalue weighted by Crippen LogP contribution is 2.31. The molecule has 0 saturated carbocycles. The molecule has 0 amide bonds. The zero-order valence-electron chi connectivity index (χ0n) is 11.1. The molecule has 2 aromatic rings. The third-order valence-corrected chi connectivity index (χ3v) is 4.08. The summed E-state index contributed by atoms with van der Waals surface area (Å²) in [5.41, 5.74) is 0. The van der Waals surface area contributed by atoms with Gasteiger partial charge in [-0.1, -0.05) is 0 Å². The average Bonchev–Trinajstić information content (AvgIpc) is 3.03. The Hall–Kier alpha value is -1.40. The number of aromatic nitrogens is 2. The Morgan fingerprint density at radius 2 is 2.42 bits per heavy atom. The van der Waals surface area contributed by atoms with Gasteiger partial charge >= 0.3 is 0 Å². The number of rotatable bonds is 4. The molecule has 1 unspecified atom stereocenters. The van der Waals surface area contributed by atoms with Crippen LogP contribution in [-0.2, 0) is 4.74 Å². The van der Waals surface area contributed by atoms with Gasteiger partial charge in [-0.3, -0.25) is 0 Å². The van der Waals surface area contributed by atoms with E-state index in [2.05, 4.69) is 28.3 Å². The molecule has 1 atom stereocenters. The Balaban J connectivity index is 1.86. The molecule has 1 N–H and O–H groups in total. The number of ether oxygens (including phenoxy) is 2. The van der Waals surface area contributed by atoms with Crippen LogP contribution in [-0.4, -0.2) is 36.3 Å². The van der Waals surface area contributed by atoms with Gasteiger partial charge in [0.05, 0.1) is 11.5 Å². The van der Waals surface area contributed by atoms with Gasteiger partial charge in [-0.15, -0.1) is 11.3 Å². The second-order valence-corrected chi connectivity index (χ2v) is 5.86. The topological polar surface area (TPSA) is 56.3 Å². The van der Waals surface area contributed by atoms with Crippen LogP contribution in [0.3, 0.4) is 0 Å². The van der Waals surface area contributed by atoms with Gasteiger partial charge < -0.3 is 14.8 Å². The molecule has 19 heavy (non-hydrogen) atoms. The summed E-state index contributed by atoms with van der Waals surface area (Å²) < 4.78 is 11.4. The van der Waals surface area contributed by atoms with E-state index in [1.807, 2.05) is 7.05 Å². The Labute approximate surface area is 116 Å². The second kappa shape index (κ2) is 5.30. The van der Waals surface area contributed by atoms with Gasteiger partial charge in [0.25, 0.3) is 0 Å². The van der Waals surface area contributed by atoms with Crippen LogP contribution in [0.5, 0.6) is 5.88 Å². The third kappa shape index (κ3) is 2.64. The molecule has 0 radical (unpaired) electrons.